The van der Waals surface area contributed by atoms with E-state index in [-0.39, 0.29) is 44.1 Å². The van der Waals surface area contributed by atoms with Gasteiger partial charge in [0.15, 0.2) is 0 Å². The lowest BCUT2D eigenvalue weighted by Gasteiger charge is -2.36. The van der Waals surface area contributed by atoms with Gasteiger partial charge in [-0.05, 0) is 54.4 Å². The molecule has 2 saturated carbocycles. The van der Waals surface area contributed by atoms with Crippen LogP contribution < -0.4 is 20.1 Å². The van der Waals surface area contributed by atoms with E-state index >= 15 is 0 Å². The van der Waals surface area contributed by atoms with Gasteiger partial charge in [-0.1, -0.05) is 52.3 Å². The van der Waals surface area contributed by atoms with Crippen LogP contribution in [0.15, 0.2) is 42.5 Å². The van der Waals surface area contributed by atoms with Gasteiger partial charge in [0, 0.05) is 30.3 Å². The quantitative estimate of drug-likeness (QED) is 0.278. The molecule has 0 spiro atoms. The van der Waals surface area contributed by atoms with E-state index < -0.39 is 86.2 Å². The number of ether oxygens (including phenoxy) is 2. The molecule has 2 aromatic rings. The van der Waals surface area contributed by atoms with E-state index in [0.717, 1.165) is 12.1 Å². The molecule has 2 aliphatic carbocycles. The predicted octanol–water partition coefficient (Wildman–Crippen LogP) is 4.57. The van der Waals surface area contributed by atoms with Gasteiger partial charge < -0.3 is 25.0 Å². The van der Waals surface area contributed by atoms with Crippen molar-refractivity contribution >= 4 is 39.5 Å². The molecule has 1 saturated heterocycles. The van der Waals surface area contributed by atoms with Crippen LogP contribution in [0.4, 0.5) is 28.0 Å². The number of carbonyl (C=O) groups excluding carboxylic acids is 4. The molecule has 2 aliphatic heterocycles. The van der Waals surface area contributed by atoms with Crippen molar-refractivity contribution in [1.29, 1.82) is 0 Å². The Balaban J connectivity index is 1.25. The Morgan fingerprint density at radius 1 is 1.04 bits per heavy atom. The molecule has 54 heavy (non-hydrogen) atoms. The number of likely N-dealkylation sites (tertiary alicyclic amines) is 1. The Morgan fingerprint density at radius 3 is 2.35 bits per heavy atom. The second-order valence-electron chi connectivity index (χ2n) is 15.4. The molecule has 4 amide bonds. The number of hydrogen-bond acceptors (Lipinski definition) is 9. The largest absolute Gasteiger partial charge is 0.573 e. The number of fused-ring (bicyclic) bond motifs is 1. The number of amides is 4. The van der Waals surface area contributed by atoms with Gasteiger partial charge in [-0.3, -0.25) is 24.0 Å². The summed E-state index contributed by atoms with van der Waals surface area (Å²) in [7, 11) is -3.94. The average molecular weight is 782 g/mol. The molecule has 0 bridgehead atoms. The monoisotopic (exact) mass is 781 g/mol. The third kappa shape index (κ3) is 8.37. The maximum atomic E-state index is 14.5. The fourth-order valence-electron chi connectivity index (χ4n) is 7.16. The second-order valence-corrected chi connectivity index (χ2v) is 17.4. The van der Waals surface area contributed by atoms with Crippen LogP contribution in [0.1, 0.15) is 70.9 Å². The summed E-state index contributed by atoms with van der Waals surface area (Å²) in [5.41, 5.74) is -1.38. The Labute approximate surface area is 310 Å². The molecule has 6 rings (SSSR count). The van der Waals surface area contributed by atoms with Gasteiger partial charge in [-0.2, -0.15) is 0 Å². The topological polar surface area (TPSA) is 163 Å². The molecule has 18 heteroatoms. The predicted molar refractivity (Wildman–Crippen MR) is 185 cm³/mol. The number of carbonyl (C=O) groups is 4. The number of sulfonamides is 1. The zero-order chi connectivity index (χ0) is 39.4. The fraction of sp³-hybridized carbons (Fsp3) is 0.556. The van der Waals surface area contributed by atoms with E-state index in [2.05, 4.69) is 20.1 Å². The molecule has 2 heterocycles. The normalized spacial score (nSPS) is 24.3. The molecule has 2 aromatic carbocycles. The van der Waals surface area contributed by atoms with E-state index in [1.807, 2.05) is 0 Å². The van der Waals surface area contributed by atoms with Gasteiger partial charge in [0.1, 0.15) is 35.3 Å². The molecule has 3 fully saturated rings. The second kappa shape index (κ2) is 14.2. The summed E-state index contributed by atoms with van der Waals surface area (Å²) in [6.45, 7) is 6.68. The lowest BCUT2D eigenvalue weighted by molar-refractivity contribution is -0.274. The zero-order valence-electron chi connectivity index (χ0n) is 30.2. The minimum atomic E-state index is -4.96. The van der Waals surface area contributed by atoms with Crippen molar-refractivity contribution in [3.63, 3.8) is 0 Å². The van der Waals surface area contributed by atoms with Gasteiger partial charge in [-0.15, -0.1) is 13.2 Å². The first-order chi connectivity index (χ1) is 25.2. The molecule has 0 radical (unpaired) electrons. The van der Waals surface area contributed by atoms with Crippen LogP contribution in [0.2, 0.25) is 0 Å². The molecule has 4 aliphatic rings. The molecule has 294 valence electrons. The van der Waals surface area contributed by atoms with Crippen molar-refractivity contribution < 1.29 is 54.6 Å². The highest BCUT2D eigenvalue weighted by Gasteiger charge is 2.62. The van der Waals surface area contributed by atoms with E-state index in [9.17, 15) is 45.2 Å². The van der Waals surface area contributed by atoms with Crippen LogP contribution in [0.25, 0.3) is 0 Å². The number of benzene rings is 2. The van der Waals surface area contributed by atoms with Crippen LogP contribution in [0.3, 0.4) is 0 Å². The first kappa shape index (κ1) is 39.1. The van der Waals surface area contributed by atoms with E-state index in [1.54, 1.807) is 33.8 Å². The molecule has 5 atom stereocenters. The van der Waals surface area contributed by atoms with Crippen molar-refractivity contribution in [3.8, 4) is 5.75 Å². The Morgan fingerprint density at radius 2 is 1.74 bits per heavy atom. The summed E-state index contributed by atoms with van der Waals surface area (Å²) in [6, 6.07) is 6.98. The highest BCUT2D eigenvalue weighted by Crippen LogP contribution is 2.47. The highest BCUT2D eigenvalue weighted by atomic mass is 32.2. The van der Waals surface area contributed by atoms with E-state index in [4.69, 9.17) is 4.74 Å². The zero-order valence-corrected chi connectivity index (χ0v) is 31.0. The summed E-state index contributed by atoms with van der Waals surface area (Å²) in [4.78, 5) is 58.0. The lowest BCUT2D eigenvalue weighted by Crippen LogP contribution is -2.58. The number of hydrogen-bond donors (Lipinski definition) is 3. The van der Waals surface area contributed by atoms with Crippen molar-refractivity contribution in [1.82, 2.24) is 19.8 Å². The van der Waals surface area contributed by atoms with Crippen LogP contribution >= 0.6 is 0 Å². The van der Waals surface area contributed by atoms with Gasteiger partial charge in [-0.25, -0.2) is 17.6 Å². The molecular weight excluding hydrogens is 738 g/mol. The third-order valence-electron chi connectivity index (χ3n) is 10.3. The molecular formula is C36H43F4N5O8S. The Kier molecular flexibility index (Phi) is 10.3. The number of nitrogens with zero attached hydrogens (tertiary/aromatic N) is 2. The Bertz CT molecular complexity index is 1940. The van der Waals surface area contributed by atoms with E-state index in [1.165, 1.54) is 34.1 Å². The van der Waals surface area contributed by atoms with Crippen LogP contribution in [0, 0.1) is 17.2 Å². The summed E-state index contributed by atoms with van der Waals surface area (Å²) in [5.74, 6) is -3.69. The number of nitrogens with one attached hydrogen (secondary N) is 3. The standard InChI is InChI=1S/C36H43F4N5O8S/c1-5-21-16-35(21,32(48)43-54(50,51)25-12-13-25)42-30(46)28-15-24(52-33(49)44-17-20-8-6-11-27(37)26(20)19-44)18-45(28)31(47)29(34(2,3)4)41-22-9-7-10-23(14-22)53-36(38,39)40/h6-11,14,21,24-25,28-29,41H,5,12-13,15-19H2,1-4H3,(H,42,46)(H,43,48)/t21-,24-,28+,29-,35-/m1/s1. The molecule has 13 nitrogen and oxygen atoms in total. The highest BCUT2D eigenvalue weighted by molar-refractivity contribution is 7.91. The first-order valence-electron chi connectivity index (χ1n) is 17.7. The third-order valence-corrected chi connectivity index (χ3v) is 12.2. The molecule has 0 aromatic heterocycles. The maximum absolute atomic E-state index is 14.5. The lowest BCUT2D eigenvalue weighted by atomic mass is 9.85. The minimum Gasteiger partial charge on any atom is -0.444 e. The van der Waals surface area contributed by atoms with Crippen molar-refractivity contribution in [2.45, 2.75) is 108 Å². The van der Waals surface area contributed by atoms with Crippen LogP contribution in [0.5, 0.6) is 5.75 Å². The van der Waals surface area contributed by atoms with Gasteiger partial charge in [0.05, 0.1) is 18.3 Å². The van der Waals surface area contributed by atoms with Crippen molar-refractivity contribution in [2.75, 3.05) is 11.9 Å². The van der Waals surface area contributed by atoms with Gasteiger partial charge in [0.2, 0.25) is 21.8 Å². The summed E-state index contributed by atoms with van der Waals surface area (Å²) in [5, 5.41) is 5.03. The van der Waals surface area contributed by atoms with Crippen LogP contribution in [-0.2, 0) is 42.2 Å². The van der Waals surface area contributed by atoms with Crippen LogP contribution in [-0.4, -0.2) is 83.9 Å². The summed E-state index contributed by atoms with van der Waals surface area (Å²) >= 11 is 0. The number of alkyl halides is 3. The van der Waals surface area contributed by atoms with Gasteiger partial charge in [0.25, 0.3) is 5.91 Å². The molecule has 0 unspecified atom stereocenters. The Hall–Kier alpha value is -4.61. The minimum absolute atomic E-state index is 0.0486. The number of halogens is 4. The summed E-state index contributed by atoms with van der Waals surface area (Å²) in [6.07, 6.45) is -5.55. The first-order valence-corrected chi connectivity index (χ1v) is 19.3. The SMILES string of the molecule is CC[C@@H]1C[C@]1(NC(=O)[C@@H]1C[C@@H](OC(=O)N2Cc3cccc(F)c3C2)CN1C(=O)[C@@H](Nc1cccc(OC(F)(F)F)c1)C(C)(C)C)C(=O)NS(=O)(=O)C1CC1. The number of rotatable bonds is 11. The van der Waals surface area contributed by atoms with Crippen molar-refractivity contribution in [3.05, 3.63) is 59.4 Å². The van der Waals surface area contributed by atoms with E-state index in [0.29, 0.717) is 30.4 Å². The fourth-order valence-corrected chi connectivity index (χ4v) is 8.53. The van der Waals surface area contributed by atoms with Gasteiger partial charge >= 0.3 is 12.5 Å². The maximum Gasteiger partial charge on any atom is 0.573 e. The smallest absolute Gasteiger partial charge is 0.444 e. The van der Waals surface area contributed by atoms with Crippen molar-refractivity contribution in [2.24, 2.45) is 11.3 Å². The average Bonchev–Trinajstić information content (AvgIpc) is 3.96. The summed E-state index contributed by atoms with van der Waals surface area (Å²) < 4.78 is 90.7. The number of anilines is 1. The molecule has 3 N–H and O–H groups in total.